The second kappa shape index (κ2) is 7.79. The molecule has 5 rings (SSSR count). The highest BCUT2D eigenvalue weighted by atomic mass is 16.1. The Kier molecular flexibility index (Phi) is 5.01. The summed E-state index contributed by atoms with van der Waals surface area (Å²) in [6.07, 6.45) is 8.09. The molecule has 0 saturated heterocycles. The van der Waals surface area contributed by atoms with Crippen LogP contribution in [0.15, 0.2) is 48.5 Å². The van der Waals surface area contributed by atoms with Gasteiger partial charge in [-0.15, -0.1) is 0 Å². The number of hydrogen-bond acceptors (Lipinski definition) is 2. The third-order valence-corrected chi connectivity index (χ3v) is 7.03. The quantitative estimate of drug-likeness (QED) is 0.556. The monoisotopic (exact) mass is 386 g/mol. The molecule has 0 bridgehead atoms. The van der Waals surface area contributed by atoms with Crippen molar-refractivity contribution in [2.75, 3.05) is 6.54 Å². The molecule has 3 aromatic rings. The molecule has 0 radical (unpaired) electrons. The van der Waals surface area contributed by atoms with E-state index in [-0.39, 0.29) is 5.78 Å². The Morgan fingerprint density at radius 2 is 1.86 bits per heavy atom. The second-order valence-electron chi connectivity index (χ2n) is 8.83. The van der Waals surface area contributed by atoms with E-state index in [0.29, 0.717) is 6.42 Å². The van der Waals surface area contributed by atoms with Gasteiger partial charge in [-0.2, -0.15) is 0 Å². The summed E-state index contributed by atoms with van der Waals surface area (Å²) < 4.78 is 2.03. The summed E-state index contributed by atoms with van der Waals surface area (Å²) in [6, 6.07) is 17.9. The SMILES string of the molecule is Cn1c(C(=O)CCc2ccc3c(c2)CCN(C2CCCC2)C3)cc2ccccc21. The highest BCUT2D eigenvalue weighted by Crippen LogP contribution is 2.29. The van der Waals surface area contributed by atoms with Crippen LogP contribution in [0.3, 0.4) is 0 Å². The third kappa shape index (κ3) is 3.64. The lowest BCUT2D eigenvalue weighted by Crippen LogP contribution is -2.37. The zero-order chi connectivity index (χ0) is 19.8. The minimum Gasteiger partial charge on any atom is -0.341 e. The maximum atomic E-state index is 12.9. The number of para-hydroxylation sites is 1. The van der Waals surface area contributed by atoms with E-state index < -0.39 is 0 Å². The van der Waals surface area contributed by atoms with E-state index in [1.807, 2.05) is 29.8 Å². The van der Waals surface area contributed by atoms with Crippen molar-refractivity contribution in [1.82, 2.24) is 9.47 Å². The smallest absolute Gasteiger partial charge is 0.179 e. The van der Waals surface area contributed by atoms with Crippen LogP contribution in [0.2, 0.25) is 0 Å². The van der Waals surface area contributed by atoms with E-state index in [0.717, 1.165) is 42.0 Å². The van der Waals surface area contributed by atoms with Gasteiger partial charge in [-0.05, 0) is 54.5 Å². The molecule has 1 aliphatic heterocycles. The molecule has 29 heavy (non-hydrogen) atoms. The first kappa shape index (κ1) is 18.6. The molecule has 0 unspecified atom stereocenters. The molecule has 1 fully saturated rings. The van der Waals surface area contributed by atoms with Crippen molar-refractivity contribution in [2.45, 2.75) is 57.5 Å². The number of Topliss-reactive ketones (excluding diaryl/α,β-unsaturated/α-hetero) is 1. The lowest BCUT2D eigenvalue weighted by Gasteiger charge is -2.33. The molecule has 3 heteroatoms. The Balaban J connectivity index is 1.25. The molecule has 0 N–H and O–H groups in total. The molecular weight excluding hydrogens is 356 g/mol. The molecule has 2 aliphatic rings. The number of carbonyl (C=O) groups excluding carboxylic acids is 1. The number of aromatic nitrogens is 1. The summed E-state index contributed by atoms with van der Waals surface area (Å²) in [7, 11) is 1.99. The van der Waals surface area contributed by atoms with Crippen molar-refractivity contribution < 1.29 is 4.79 Å². The lowest BCUT2D eigenvalue weighted by molar-refractivity contribution is 0.0975. The number of hydrogen-bond donors (Lipinski definition) is 0. The second-order valence-corrected chi connectivity index (χ2v) is 8.83. The molecule has 3 nitrogen and oxygen atoms in total. The Morgan fingerprint density at radius 1 is 1.03 bits per heavy atom. The maximum Gasteiger partial charge on any atom is 0.179 e. The highest BCUT2D eigenvalue weighted by Gasteiger charge is 2.26. The number of ketones is 1. The number of nitrogens with zero attached hydrogens (tertiary/aromatic N) is 2. The van der Waals surface area contributed by atoms with Gasteiger partial charge in [0.15, 0.2) is 5.78 Å². The van der Waals surface area contributed by atoms with Crippen LogP contribution in [0.5, 0.6) is 0 Å². The molecule has 1 aliphatic carbocycles. The van der Waals surface area contributed by atoms with Crippen molar-refractivity contribution in [2.24, 2.45) is 7.05 Å². The van der Waals surface area contributed by atoms with Gasteiger partial charge in [0.1, 0.15) is 0 Å². The molecule has 0 spiro atoms. The summed E-state index contributed by atoms with van der Waals surface area (Å²) >= 11 is 0. The molecule has 2 heterocycles. The van der Waals surface area contributed by atoms with E-state index in [2.05, 4.69) is 35.2 Å². The first-order valence-electron chi connectivity index (χ1n) is 11.1. The standard InChI is InChI=1S/C26H30N2O/c1-27-24-9-5-2-6-21(24)17-25(27)26(29)13-11-19-10-12-22-18-28(15-14-20(22)16-19)23-7-3-4-8-23/h2,5-6,9-10,12,16-17,23H,3-4,7-8,11,13-15,18H2,1H3. The van der Waals surface area contributed by atoms with Crippen molar-refractivity contribution in [3.8, 4) is 0 Å². The molecule has 1 saturated carbocycles. The van der Waals surface area contributed by atoms with Crippen LogP contribution in [0.25, 0.3) is 10.9 Å². The van der Waals surface area contributed by atoms with Crippen LogP contribution in [0.1, 0.15) is 59.3 Å². The average molecular weight is 387 g/mol. The number of rotatable bonds is 5. The van der Waals surface area contributed by atoms with Crippen LogP contribution >= 0.6 is 0 Å². The molecule has 150 valence electrons. The van der Waals surface area contributed by atoms with E-state index in [4.69, 9.17) is 0 Å². The predicted molar refractivity (Wildman–Crippen MR) is 118 cm³/mol. The van der Waals surface area contributed by atoms with Crippen molar-refractivity contribution >= 4 is 16.7 Å². The minimum absolute atomic E-state index is 0.230. The molecule has 0 atom stereocenters. The van der Waals surface area contributed by atoms with Gasteiger partial charge in [-0.1, -0.05) is 49.2 Å². The van der Waals surface area contributed by atoms with Gasteiger partial charge in [0.25, 0.3) is 0 Å². The Morgan fingerprint density at radius 3 is 2.69 bits per heavy atom. The van der Waals surface area contributed by atoms with Crippen molar-refractivity contribution in [3.05, 3.63) is 70.9 Å². The Labute approximate surface area is 173 Å². The van der Waals surface area contributed by atoms with Gasteiger partial charge in [-0.3, -0.25) is 9.69 Å². The van der Waals surface area contributed by atoms with E-state index in [1.165, 1.54) is 48.9 Å². The zero-order valence-corrected chi connectivity index (χ0v) is 17.4. The predicted octanol–water partition coefficient (Wildman–Crippen LogP) is 5.29. The van der Waals surface area contributed by atoms with E-state index >= 15 is 0 Å². The third-order valence-electron chi connectivity index (χ3n) is 7.03. The summed E-state index contributed by atoms with van der Waals surface area (Å²) in [5.41, 5.74) is 6.22. The lowest BCUT2D eigenvalue weighted by atomic mass is 9.94. The van der Waals surface area contributed by atoms with Gasteiger partial charge in [-0.25, -0.2) is 0 Å². The first-order chi connectivity index (χ1) is 14.2. The average Bonchev–Trinajstić information content (AvgIpc) is 3.40. The van der Waals surface area contributed by atoms with Crippen LogP contribution in [0.4, 0.5) is 0 Å². The number of carbonyl (C=O) groups is 1. The summed E-state index contributed by atoms with van der Waals surface area (Å²) in [6.45, 7) is 2.30. The van der Waals surface area contributed by atoms with Gasteiger partial charge < -0.3 is 4.57 Å². The fourth-order valence-electron chi connectivity index (χ4n) is 5.31. The fourth-order valence-corrected chi connectivity index (χ4v) is 5.31. The molecule has 1 aromatic heterocycles. The normalized spacial score (nSPS) is 17.7. The number of fused-ring (bicyclic) bond motifs is 2. The van der Waals surface area contributed by atoms with Crippen LogP contribution in [-0.4, -0.2) is 27.8 Å². The summed E-state index contributed by atoms with van der Waals surface area (Å²) in [5.74, 6) is 0.230. The largest absolute Gasteiger partial charge is 0.341 e. The summed E-state index contributed by atoms with van der Waals surface area (Å²) in [4.78, 5) is 15.6. The topological polar surface area (TPSA) is 25.2 Å². The van der Waals surface area contributed by atoms with Crippen LogP contribution in [0, 0.1) is 0 Å². The van der Waals surface area contributed by atoms with Gasteiger partial charge >= 0.3 is 0 Å². The minimum atomic E-state index is 0.230. The molecular formula is C26H30N2O. The highest BCUT2D eigenvalue weighted by molar-refractivity contribution is 6.00. The van der Waals surface area contributed by atoms with Crippen molar-refractivity contribution in [1.29, 1.82) is 0 Å². The van der Waals surface area contributed by atoms with Gasteiger partial charge in [0.2, 0.25) is 0 Å². The summed E-state index contributed by atoms with van der Waals surface area (Å²) in [5, 5.41) is 1.14. The Hall–Kier alpha value is -2.39. The van der Waals surface area contributed by atoms with Crippen LogP contribution < -0.4 is 0 Å². The molecule has 0 amide bonds. The molecule has 2 aromatic carbocycles. The van der Waals surface area contributed by atoms with Gasteiger partial charge in [0, 0.05) is 43.5 Å². The fraction of sp³-hybridized carbons (Fsp3) is 0.423. The van der Waals surface area contributed by atoms with E-state index in [9.17, 15) is 4.79 Å². The Bertz CT molecular complexity index is 1040. The van der Waals surface area contributed by atoms with E-state index in [1.54, 1.807) is 0 Å². The van der Waals surface area contributed by atoms with Gasteiger partial charge in [0.05, 0.1) is 5.69 Å². The number of aryl methyl sites for hydroxylation is 2. The zero-order valence-electron chi connectivity index (χ0n) is 17.4. The number of benzene rings is 2. The first-order valence-corrected chi connectivity index (χ1v) is 11.1. The maximum absolute atomic E-state index is 12.9. The van der Waals surface area contributed by atoms with Crippen LogP contribution in [-0.2, 0) is 26.4 Å². The van der Waals surface area contributed by atoms with Crippen molar-refractivity contribution in [3.63, 3.8) is 0 Å².